The lowest BCUT2D eigenvalue weighted by Crippen LogP contribution is -2.16. The number of nitrogens with one attached hydrogen (secondary N) is 1. The van der Waals surface area contributed by atoms with Gasteiger partial charge in [0.1, 0.15) is 5.82 Å². The third-order valence-corrected chi connectivity index (χ3v) is 2.91. The first-order valence-electron chi connectivity index (χ1n) is 5.06. The predicted molar refractivity (Wildman–Crippen MR) is 66.2 cm³/mol. The maximum Gasteiger partial charge on any atom is 0.259 e. The van der Waals surface area contributed by atoms with Crippen LogP contribution in [0.5, 0.6) is 0 Å². The van der Waals surface area contributed by atoms with Crippen LogP contribution in [0.3, 0.4) is 0 Å². The van der Waals surface area contributed by atoms with E-state index in [0.717, 1.165) is 18.2 Å². The Balaban J connectivity index is 2.31. The monoisotopic (exact) mass is 330 g/mol. The van der Waals surface area contributed by atoms with Crippen LogP contribution in [-0.2, 0) is 0 Å². The molecule has 3 nitrogen and oxygen atoms in total. The average Bonchev–Trinajstić information content (AvgIpc) is 2.32. The number of carbonyl (C=O) groups excluding carboxylic acids is 1. The summed E-state index contributed by atoms with van der Waals surface area (Å²) in [4.78, 5) is 14.7. The molecule has 1 N–H and O–H groups in total. The molecule has 1 aromatic carbocycles. The standard InChI is InChI=1S/C12H6BrF3N2O/c13-6-2-1-3-7(14)10(6)12(19)17-8-4-5-9(15)18-11(8)16/h1-5H,(H,17,19). The Bertz CT molecular complexity index is 629. The number of benzene rings is 1. The lowest BCUT2D eigenvalue weighted by molar-refractivity contribution is 0.102. The molecule has 0 unspecified atom stereocenters. The summed E-state index contributed by atoms with van der Waals surface area (Å²) in [5.74, 6) is -3.82. The van der Waals surface area contributed by atoms with Crippen LogP contribution >= 0.6 is 15.9 Å². The Labute approximate surface area is 114 Å². The number of nitrogens with zero attached hydrogens (tertiary/aromatic N) is 1. The van der Waals surface area contributed by atoms with Crippen molar-refractivity contribution >= 4 is 27.5 Å². The van der Waals surface area contributed by atoms with Gasteiger partial charge in [-0.15, -0.1) is 0 Å². The molecule has 7 heteroatoms. The van der Waals surface area contributed by atoms with E-state index in [9.17, 15) is 18.0 Å². The van der Waals surface area contributed by atoms with Crippen molar-refractivity contribution in [2.24, 2.45) is 0 Å². The fourth-order valence-corrected chi connectivity index (χ4v) is 1.93. The van der Waals surface area contributed by atoms with Crippen molar-refractivity contribution in [3.05, 3.63) is 58.1 Å². The SMILES string of the molecule is O=C(Nc1ccc(F)nc1F)c1c(F)cccc1Br. The second-order valence-corrected chi connectivity index (χ2v) is 4.38. The Morgan fingerprint density at radius 2 is 1.89 bits per heavy atom. The quantitative estimate of drug-likeness (QED) is 0.856. The van der Waals surface area contributed by atoms with E-state index in [1.807, 2.05) is 0 Å². The molecule has 19 heavy (non-hydrogen) atoms. The minimum Gasteiger partial charge on any atom is -0.318 e. The molecule has 2 aromatic rings. The summed E-state index contributed by atoms with van der Waals surface area (Å²) in [6.45, 7) is 0. The molecular weight excluding hydrogens is 325 g/mol. The molecule has 1 heterocycles. The predicted octanol–water partition coefficient (Wildman–Crippen LogP) is 3.51. The second kappa shape index (κ2) is 5.40. The van der Waals surface area contributed by atoms with Crippen molar-refractivity contribution in [3.8, 4) is 0 Å². The van der Waals surface area contributed by atoms with Gasteiger partial charge in [-0.05, 0) is 40.2 Å². The average molecular weight is 331 g/mol. The number of hydrogen-bond acceptors (Lipinski definition) is 2. The molecule has 0 fully saturated rings. The lowest BCUT2D eigenvalue weighted by Gasteiger charge is -2.08. The highest BCUT2D eigenvalue weighted by Crippen LogP contribution is 2.21. The van der Waals surface area contributed by atoms with Gasteiger partial charge in [0, 0.05) is 4.47 Å². The maximum absolute atomic E-state index is 13.5. The molecule has 0 saturated heterocycles. The summed E-state index contributed by atoms with van der Waals surface area (Å²) < 4.78 is 39.6. The largest absolute Gasteiger partial charge is 0.318 e. The highest BCUT2D eigenvalue weighted by molar-refractivity contribution is 9.10. The van der Waals surface area contributed by atoms with Crippen LogP contribution in [0, 0.1) is 17.7 Å². The summed E-state index contributed by atoms with van der Waals surface area (Å²) in [6, 6.07) is 5.87. The number of halogens is 4. The molecule has 1 amide bonds. The molecule has 0 atom stereocenters. The zero-order valence-electron chi connectivity index (χ0n) is 9.25. The first-order chi connectivity index (χ1) is 8.99. The van der Waals surface area contributed by atoms with E-state index in [-0.39, 0.29) is 15.7 Å². The van der Waals surface area contributed by atoms with Crippen molar-refractivity contribution in [2.75, 3.05) is 5.32 Å². The number of amides is 1. The number of carbonyl (C=O) groups is 1. The number of anilines is 1. The van der Waals surface area contributed by atoms with Crippen molar-refractivity contribution in [1.82, 2.24) is 4.98 Å². The van der Waals surface area contributed by atoms with Gasteiger partial charge >= 0.3 is 0 Å². The van der Waals surface area contributed by atoms with E-state index >= 15 is 0 Å². The molecule has 2 rings (SSSR count). The van der Waals surface area contributed by atoms with Gasteiger partial charge in [0.05, 0.1) is 11.3 Å². The van der Waals surface area contributed by atoms with Crippen LogP contribution in [-0.4, -0.2) is 10.9 Å². The zero-order chi connectivity index (χ0) is 14.0. The fraction of sp³-hybridized carbons (Fsp3) is 0. The Hall–Kier alpha value is -1.89. The van der Waals surface area contributed by atoms with Gasteiger partial charge in [-0.3, -0.25) is 4.79 Å². The third-order valence-electron chi connectivity index (χ3n) is 2.25. The van der Waals surface area contributed by atoms with Crippen LogP contribution < -0.4 is 5.32 Å². The Morgan fingerprint density at radius 1 is 1.16 bits per heavy atom. The van der Waals surface area contributed by atoms with Gasteiger partial charge in [0.15, 0.2) is 0 Å². The van der Waals surface area contributed by atoms with E-state index in [1.54, 1.807) is 0 Å². The van der Waals surface area contributed by atoms with Gasteiger partial charge in [0.25, 0.3) is 5.91 Å². The molecule has 0 aliphatic carbocycles. The fourth-order valence-electron chi connectivity index (χ4n) is 1.40. The van der Waals surface area contributed by atoms with Gasteiger partial charge in [-0.25, -0.2) is 4.39 Å². The van der Waals surface area contributed by atoms with Crippen molar-refractivity contribution in [1.29, 1.82) is 0 Å². The molecular formula is C12H6BrF3N2O. The number of rotatable bonds is 2. The third kappa shape index (κ3) is 2.93. The second-order valence-electron chi connectivity index (χ2n) is 3.52. The lowest BCUT2D eigenvalue weighted by atomic mass is 10.2. The minimum absolute atomic E-state index is 0.223. The Kier molecular flexibility index (Phi) is 3.84. The highest BCUT2D eigenvalue weighted by Gasteiger charge is 2.17. The topological polar surface area (TPSA) is 42.0 Å². The van der Waals surface area contributed by atoms with Gasteiger partial charge in [0.2, 0.25) is 11.9 Å². The minimum atomic E-state index is -1.18. The van der Waals surface area contributed by atoms with Crippen LogP contribution in [0.25, 0.3) is 0 Å². The number of aromatic nitrogens is 1. The summed E-state index contributed by atoms with van der Waals surface area (Å²) >= 11 is 3.02. The zero-order valence-corrected chi connectivity index (χ0v) is 10.8. The van der Waals surface area contributed by atoms with Crippen molar-refractivity contribution < 1.29 is 18.0 Å². The van der Waals surface area contributed by atoms with Crippen molar-refractivity contribution in [3.63, 3.8) is 0 Å². The maximum atomic E-state index is 13.5. The van der Waals surface area contributed by atoms with Crippen molar-refractivity contribution in [2.45, 2.75) is 0 Å². The van der Waals surface area contributed by atoms with Crippen LogP contribution in [0.1, 0.15) is 10.4 Å². The summed E-state index contributed by atoms with van der Waals surface area (Å²) in [7, 11) is 0. The molecule has 0 aliphatic heterocycles. The van der Waals surface area contributed by atoms with Gasteiger partial charge < -0.3 is 5.32 Å². The Morgan fingerprint density at radius 3 is 2.53 bits per heavy atom. The molecule has 0 bridgehead atoms. The van der Waals surface area contributed by atoms with Gasteiger partial charge in [-0.1, -0.05) is 6.07 Å². The number of pyridine rings is 1. The summed E-state index contributed by atoms with van der Waals surface area (Å²) in [5.41, 5.74) is -0.604. The van der Waals surface area contributed by atoms with E-state index in [4.69, 9.17) is 0 Å². The van der Waals surface area contributed by atoms with E-state index in [0.29, 0.717) is 0 Å². The smallest absolute Gasteiger partial charge is 0.259 e. The highest BCUT2D eigenvalue weighted by atomic mass is 79.9. The van der Waals surface area contributed by atoms with E-state index in [1.165, 1.54) is 12.1 Å². The van der Waals surface area contributed by atoms with Crippen LogP contribution in [0.2, 0.25) is 0 Å². The summed E-state index contributed by atoms with van der Waals surface area (Å²) in [5, 5.41) is 2.12. The van der Waals surface area contributed by atoms with Gasteiger partial charge in [-0.2, -0.15) is 13.8 Å². The molecule has 0 spiro atoms. The van der Waals surface area contributed by atoms with Crippen LogP contribution in [0.15, 0.2) is 34.8 Å². The molecule has 0 saturated carbocycles. The first kappa shape index (κ1) is 13.5. The molecule has 0 aliphatic rings. The number of hydrogen-bond donors (Lipinski definition) is 1. The van der Waals surface area contributed by atoms with Crippen LogP contribution in [0.4, 0.5) is 18.9 Å². The molecule has 0 radical (unpaired) electrons. The van der Waals surface area contributed by atoms with E-state index in [2.05, 4.69) is 26.2 Å². The molecule has 98 valence electrons. The molecule has 1 aromatic heterocycles. The summed E-state index contributed by atoms with van der Waals surface area (Å²) in [6.07, 6.45) is 0. The normalized spacial score (nSPS) is 10.3. The van der Waals surface area contributed by atoms with E-state index < -0.39 is 23.6 Å². The first-order valence-corrected chi connectivity index (χ1v) is 5.85.